The molecule has 2 amide bonds. The summed E-state index contributed by atoms with van der Waals surface area (Å²) < 4.78 is 0. The first-order valence-corrected chi connectivity index (χ1v) is 8.99. The van der Waals surface area contributed by atoms with E-state index in [1.165, 1.54) is 0 Å². The highest BCUT2D eigenvalue weighted by Crippen LogP contribution is 2.13. The molecule has 3 rings (SSSR count). The van der Waals surface area contributed by atoms with Gasteiger partial charge in [-0.1, -0.05) is 36.4 Å². The number of aryl methyl sites for hydroxylation is 1. The fraction of sp³-hybridized carbons (Fsp3) is 0.333. The second-order valence-corrected chi connectivity index (χ2v) is 6.68. The van der Waals surface area contributed by atoms with Crippen molar-refractivity contribution in [3.8, 4) is 0 Å². The Bertz CT molecular complexity index is 778. The van der Waals surface area contributed by atoms with Crippen molar-refractivity contribution in [3.63, 3.8) is 0 Å². The number of carbonyl (C=O) groups is 2. The second-order valence-electron chi connectivity index (χ2n) is 6.68. The number of hydrogen-bond donors (Lipinski definition) is 1. The summed E-state index contributed by atoms with van der Waals surface area (Å²) in [4.78, 5) is 28.8. The summed E-state index contributed by atoms with van der Waals surface area (Å²) in [5.41, 5.74) is 9.47. The van der Waals surface area contributed by atoms with Crippen LogP contribution in [0.4, 0.5) is 0 Å². The molecule has 0 saturated carbocycles. The second kappa shape index (κ2) is 8.15. The molecule has 0 radical (unpaired) electrons. The molecule has 1 aliphatic rings. The number of rotatable bonds is 4. The summed E-state index contributed by atoms with van der Waals surface area (Å²) in [5, 5.41) is 0. The van der Waals surface area contributed by atoms with Crippen LogP contribution in [0.1, 0.15) is 27.0 Å². The Labute approximate surface area is 154 Å². The number of amides is 2. The lowest BCUT2D eigenvalue weighted by molar-refractivity contribution is -0.131. The van der Waals surface area contributed by atoms with Gasteiger partial charge in [-0.05, 0) is 35.7 Å². The van der Waals surface area contributed by atoms with Crippen molar-refractivity contribution < 1.29 is 9.59 Å². The quantitative estimate of drug-likeness (QED) is 0.916. The van der Waals surface area contributed by atoms with E-state index in [1.807, 2.05) is 65.3 Å². The first-order valence-electron chi connectivity index (χ1n) is 8.99. The van der Waals surface area contributed by atoms with Crippen molar-refractivity contribution in [2.75, 3.05) is 26.2 Å². The molecule has 0 unspecified atom stereocenters. The number of nitrogens with zero attached hydrogens (tertiary/aromatic N) is 2. The zero-order chi connectivity index (χ0) is 18.5. The highest BCUT2D eigenvalue weighted by atomic mass is 16.2. The van der Waals surface area contributed by atoms with Gasteiger partial charge >= 0.3 is 0 Å². The monoisotopic (exact) mass is 351 g/mol. The number of benzene rings is 2. The molecular formula is C21H25N3O2. The summed E-state index contributed by atoms with van der Waals surface area (Å²) in [6.07, 6.45) is 0.418. The summed E-state index contributed by atoms with van der Waals surface area (Å²) in [7, 11) is 0. The van der Waals surface area contributed by atoms with Crippen LogP contribution in [0.2, 0.25) is 0 Å². The van der Waals surface area contributed by atoms with Gasteiger partial charge in [0, 0.05) is 38.3 Å². The third kappa shape index (κ3) is 4.11. The maximum atomic E-state index is 12.6. The van der Waals surface area contributed by atoms with Gasteiger partial charge in [-0.15, -0.1) is 0 Å². The summed E-state index contributed by atoms with van der Waals surface area (Å²) >= 11 is 0. The van der Waals surface area contributed by atoms with Crippen molar-refractivity contribution in [3.05, 3.63) is 70.8 Å². The molecule has 1 fully saturated rings. The summed E-state index contributed by atoms with van der Waals surface area (Å²) in [5.74, 6) is 0.137. The smallest absolute Gasteiger partial charge is 0.253 e. The lowest BCUT2D eigenvalue weighted by Gasteiger charge is -2.35. The van der Waals surface area contributed by atoms with Crippen LogP contribution in [0.3, 0.4) is 0 Å². The van der Waals surface area contributed by atoms with E-state index < -0.39 is 0 Å². The van der Waals surface area contributed by atoms with Gasteiger partial charge in [-0.2, -0.15) is 0 Å². The molecule has 1 heterocycles. The highest BCUT2D eigenvalue weighted by molar-refractivity contribution is 5.94. The van der Waals surface area contributed by atoms with Crippen molar-refractivity contribution >= 4 is 11.8 Å². The Hall–Kier alpha value is -2.66. The average Bonchev–Trinajstić information content (AvgIpc) is 2.69. The minimum absolute atomic E-state index is 0.0135. The fourth-order valence-electron chi connectivity index (χ4n) is 3.21. The van der Waals surface area contributed by atoms with Gasteiger partial charge in [-0.3, -0.25) is 9.59 Å². The van der Waals surface area contributed by atoms with E-state index in [0.717, 1.165) is 16.7 Å². The molecule has 1 saturated heterocycles. The van der Waals surface area contributed by atoms with E-state index in [1.54, 1.807) is 0 Å². The van der Waals surface area contributed by atoms with Gasteiger partial charge in [0.2, 0.25) is 5.91 Å². The Morgan fingerprint density at radius 3 is 2.15 bits per heavy atom. The van der Waals surface area contributed by atoms with E-state index in [0.29, 0.717) is 44.7 Å². The predicted molar refractivity (Wildman–Crippen MR) is 102 cm³/mol. The molecule has 5 nitrogen and oxygen atoms in total. The van der Waals surface area contributed by atoms with E-state index >= 15 is 0 Å². The van der Waals surface area contributed by atoms with Crippen LogP contribution in [0, 0.1) is 6.92 Å². The van der Waals surface area contributed by atoms with Crippen LogP contribution in [0.15, 0.2) is 48.5 Å². The van der Waals surface area contributed by atoms with E-state index in [9.17, 15) is 9.59 Å². The Morgan fingerprint density at radius 2 is 1.54 bits per heavy atom. The van der Waals surface area contributed by atoms with Crippen LogP contribution in [0.5, 0.6) is 0 Å². The van der Waals surface area contributed by atoms with Crippen LogP contribution in [0.25, 0.3) is 0 Å². The maximum absolute atomic E-state index is 12.6. The molecule has 2 N–H and O–H groups in total. The molecule has 2 aromatic rings. The van der Waals surface area contributed by atoms with Gasteiger partial charge in [0.15, 0.2) is 0 Å². The van der Waals surface area contributed by atoms with Crippen LogP contribution in [-0.4, -0.2) is 47.8 Å². The van der Waals surface area contributed by atoms with Gasteiger partial charge in [-0.25, -0.2) is 0 Å². The van der Waals surface area contributed by atoms with Gasteiger partial charge in [0.05, 0.1) is 6.42 Å². The van der Waals surface area contributed by atoms with E-state index in [-0.39, 0.29) is 11.8 Å². The molecule has 2 aromatic carbocycles. The topological polar surface area (TPSA) is 66.6 Å². The third-order valence-electron chi connectivity index (χ3n) is 4.96. The average molecular weight is 351 g/mol. The Balaban J connectivity index is 1.55. The van der Waals surface area contributed by atoms with Gasteiger partial charge < -0.3 is 15.5 Å². The zero-order valence-electron chi connectivity index (χ0n) is 15.1. The van der Waals surface area contributed by atoms with Crippen LogP contribution in [-0.2, 0) is 17.8 Å². The maximum Gasteiger partial charge on any atom is 0.253 e. The SMILES string of the molecule is Cc1ccccc1CC(=O)N1CCN(C(=O)c2ccc(CN)cc2)CC1. The molecule has 0 bridgehead atoms. The number of nitrogens with two attached hydrogens (primary N) is 1. The number of hydrogen-bond acceptors (Lipinski definition) is 3. The molecule has 26 heavy (non-hydrogen) atoms. The predicted octanol–water partition coefficient (Wildman–Crippen LogP) is 1.98. The van der Waals surface area contributed by atoms with Gasteiger partial charge in [0.1, 0.15) is 0 Å². The fourth-order valence-corrected chi connectivity index (χ4v) is 3.21. The molecule has 136 valence electrons. The Morgan fingerprint density at radius 1 is 0.923 bits per heavy atom. The third-order valence-corrected chi connectivity index (χ3v) is 4.96. The standard InChI is InChI=1S/C21H25N3O2/c1-16-4-2-3-5-19(16)14-20(25)23-10-12-24(13-11-23)21(26)18-8-6-17(15-22)7-9-18/h2-9H,10-15,22H2,1H3. The number of piperazine rings is 1. The van der Waals surface area contributed by atoms with E-state index in [4.69, 9.17) is 5.73 Å². The lowest BCUT2D eigenvalue weighted by Crippen LogP contribution is -2.51. The molecule has 0 aliphatic carbocycles. The molecule has 1 aliphatic heterocycles. The van der Waals surface area contributed by atoms with Crippen molar-refractivity contribution in [2.45, 2.75) is 19.9 Å². The van der Waals surface area contributed by atoms with Crippen LogP contribution >= 0.6 is 0 Å². The minimum atomic E-state index is 0.0135. The molecule has 0 atom stereocenters. The van der Waals surface area contributed by atoms with Crippen molar-refractivity contribution in [1.29, 1.82) is 0 Å². The Kier molecular flexibility index (Phi) is 5.68. The summed E-state index contributed by atoms with van der Waals surface area (Å²) in [6.45, 7) is 4.79. The number of carbonyl (C=O) groups excluding carboxylic acids is 2. The molecule has 0 spiro atoms. The molecule has 0 aromatic heterocycles. The highest BCUT2D eigenvalue weighted by Gasteiger charge is 2.25. The van der Waals surface area contributed by atoms with E-state index in [2.05, 4.69) is 0 Å². The zero-order valence-corrected chi connectivity index (χ0v) is 15.1. The largest absolute Gasteiger partial charge is 0.339 e. The summed E-state index contributed by atoms with van der Waals surface area (Å²) in [6, 6.07) is 15.4. The first-order chi connectivity index (χ1) is 12.6. The van der Waals surface area contributed by atoms with Crippen molar-refractivity contribution in [1.82, 2.24) is 9.80 Å². The lowest BCUT2D eigenvalue weighted by atomic mass is 10.0. The van der Waals surface area contributed by atoms with Gasteiger partial charge in [0.25, 0.3) is 5.91 Å². The minimum Gasteiger partial charge on any atom is -0.339 e. The van der Waals surface area contributed by atoms with Crippen LogP contribution < -0.4 is 5.73 Å². The first kappa shape index (κ1) is 18.1. The molecular weight excluding hydrogens is 326 g/mol. The van der Waals surface area contributed by atoms with Crippen molar-refractivity contribution in [2.24, 2.45) is 5.73 Å². The molecule has 5 heteroatoms. The normalized spacial score (nSPS) is 14.4.